The first-order valence-corrected chi connectivity index (χ1v) is 12.6. The van der Waals surface area contributed by atoms with E-state index in [-0.39, 0.29) is 12.0 Å². The Bertz CT molecular complexity index is 1110. The average Bonchev–Trinajstić information content (AvgIpc) is 2.88. The van der Waals surface area contributed by atoms with Gasteiger partial charge in [-0.05, 0) is 59.5 Å². The van der Waals surface area contributed by atoms with Crippen LogP contribution in [0.25, 0.3) is 0 Å². The molecule has 0 aliphatic carbocycles. The molecular formula is C28H29BrN2O3. The first-order valence-electron chi connectivity index (χ1n) is 11.9. The first kappa shape index (κ1) is 22.9. The summed E-state index contributed by atoms with van der Waals surface area (Å²) in [6.45, 7) is 4.33. The van der Waals surface area contributed by atoms with Crippen LogP contribution in [-0.2, 0) is 22.6 Å². The maximum Gasteiger partial charge on any atom is 0.225 e. The summed E-state index contributed by atoms with van der Waals surface area (Å²) in [6, 6.07) is 24.7. The number of halogens is 1. The summed E-state index contributed by atoms with van der Waals surface area (Å²) >= 11 is 3.54. The lowest BCUT2D eigenvalue weighted by Gasteiger charge is -2.37. The Balaban J connectivity index is 1.12. The van der Waals surface area contributed by atoms with Gasteiger partial charge in [0.15, 0.2) is 0 Å². The van der Waals surface area contributed by atoms with Crippen molar-refractivity contribution in [2.45, 2.75) is 25.6 Å². The smallest absolute Gasteiger partial charge is 0.225 e. The summed E-state index contributed by atoms with van der Waals surface area (Å²) in [5.41, 5.74) is 4.74. The molecule has 2 heterocycles. The zero-order valence-corrected chi connectivity index (χ0v) is 20.7. The normalized spacial score (nSPS) is 17.9. The summed E-state index contributed by atoms with van der Waals surface area (Å²) in [4.78, 5) is 17.3. The molecule has 6 heteroatoms. The van der Waals surface area contributed by atoms with Gasteiger partial charge in [-0.3, -0.25) is 4.79 Å². The lowest BCUT2D eigenvalue weighted by molar-refractivity contribution is -0.135. The van der Waals surface area contributed by atoms with E-state index in [1.54, 1.807) is 0 Å². The van der Waals surface area contributed by atoms with Crippen molar-refractivity contribution in [1.29, 1.82) is 0 Å². The molecule has 0 unspecified atom stereocenters. The van der Waals surface area contributed by atoms with Gasteiger partial charge in [0, 0.05) is 36.3 Å². The van der Waals surface area contributed by atoms with E-state index in [2.05, 4.69) is 57.2 Å². The van der Waals surface area contributed by atoms with Gasteiger partial charge < -0.3 is 19.3 Å². The third-order valence-electron chi connectivity index (χ3n) is 6.58. The second-order valence-corrected chi connectivity index (χ2v) is 9.71. The van der Waals surface area contributed by atoms with Gasteiger partial charge in [-0.15, -0.1) is 0 Å². The van der Waals surface area contributed by atoms with Crippen LogP contribution >= 0.6 is 15.9 Å². The van der Waals surface area contributed by atoms with Crippen LogP contribution in [0.4, 0.5) is 5.69 Å². The molecule has 0 spiro atoms. The zero-order valence-electron chi connectivity index (χ0n) is 19.2. The Morgan fingerprint density at radius 1 is 0.971 bits per heavy atom. The molecule has 0 aromatic heterocycles. The Morgan fingerprint density at radius 2 is 1.74 bits per heavy atom. The minimum Gasteiger partial charge on any atom is -0.489 e. The number of carbonyl (C=O) groups is 1. The predicted octanol–water partition coefficient (Wildman–Crippen LogP) is 5.38. The summed E-state index contributed by atoms with van der Waals surface area (Å²) in [5.74, 6) is 1.03. The molecule has 0 saturated carbocycles. The minimum absolute atomic E-state index is 0.147. The Hall–Kier alpha value is -2.83. The van der Waals surface area contributed by atoms with E-state index in [1.807, 2.05) is 41.3 Å². The van der Waals surface area contributed by atoms with E-state index < -0.39 is 0 Å². The number of fused-ring (bicyclic) bond motifs is 1. The molecule has 3 aromatic rings. The second-order valence-electron chi connectivity index (χ2n) is 8.79. The number of hydrogen-bond donors (Lipinski definition) is 0. The molecule has 176 valence electrons. The zero-order chi connectivity index (χ0) is 23.3. The monoisotopic (exact) mass is 520 g/mol. The molecule has 5 nitrogen and oxygen atoms in total. The molecule has 2 aliphatic heterocycles. The van der Waals surface area contributed by atoms with Crippen molar-refractivity contribution in [1.82, 2.24) is 4.90 Å². The van der Waals surface area contributed by atoms with E-state index in [0.29, 0.717) is 19.6 Å². The lowest BCUT2D eigenvalue weighted by Crippen LogP contribution is -2.49. The Labute approximate surface area is 209 Å². The molecule has 34 heavy (non-hydrogen) atoms. The van der Waals surface area contributed by atoms with E-state index in [0.717, 1.165) is 59.6 Å². The minimum atomic E-state index is -0.147. The number of rotatable bonds is 6. The molecule has 0 radical (unpaired) electrons. The van der Waals surface area contributed by atoms with Gasteiger partial charge in [0.2, 0.25) is 5.91 Å². The van der Waals surface area contributed by atoms with Crippen LogP contribution in [0.1, 0.15) is 29.2 Å². The molecule has 1 fully saturated rings. The summed E-state index contributed by atoms with van der Waals surface area (Å²) < 4.78 is 12.9. The lowest BCUT2D eigenvalue weighted by atomic mass is 9.95. The number of hydrogen-bond acceptors (Lipinski definition) is 4. The molecular weight excluding hydrogens is 492 g/mol. The van der Waals surface area contributed by atoms with Crippen molar-refractivity contribution < 1.29 is 14.3 Å². The maximum atomic E-state index is 13.0. The molecule has 3 aromatic carbocycles. The van der Waals surface area contributed by atoms with Crippen LogP contribution in [0.2, 0.25) is 0 Å². The van der Waals surface area contributed by atoms with Gasteiger partial charge >= 0.3 is 0 Å². The van der Waals surface area contributed by atoms with Crippen molar-refractivity contribution in [3.05, 3.63) is 94.0 Å². The van der Waals surface area contributed by atoms with E-state index in [4.69, 9.17) is 9.47 Å². The largest absolute Gasteiger partial charge is 0.489 e. The maximum absolute atomic E-state index is 13.0. The van der Waals surface area contributed by atoms with E-state index in [1.165, 1.54) is 5.56 Å². The molecule has 1 amide bonds. The number of benzene rings is 3. The van der Waals surface area contributed by atoms with Gasteiger partial charge in [-0.2, -0.15) is 0 Å². The fourth-order valence-corrected chi connectivity index (χ4v) is 5.08. The summed E-state index contributed by atoms with van der Waals surface area (Å²) in [7, 11) is 0. The van der Waals surface area contributed by atoms with Gasteiger partial charge in [0.05, 0.1) is 19.1 Å². The van der Waals surface area contributed by atoms with Gasteiger partial charge in [-0.1, -0.05) is 52.3 Å². The van der Waals surface area contributed by atoms with Crippen molar-refractivity contribution in [3.8, 4) is 5.75 Å². The van der Waals surface area contributed by atoms with Crippen LogP contribution in [0.5, 0.6) is 5.75 Å². The van der Waals surface area contributed by atoms with Crippen molar-refractivity contribution >= 4 is 27.5 Å². The molecule has 0 N–H and O–H groups in total. The topological polar surface area (TPSA) is 42.0 Å². The standard InChI is InChI=1S/C28H29BrN2O3/c29-23-6-11-26-22(18-23)12-17-33-27(26)19-28(32)31-15-13-30(14-16-31)24-7-9-25(10-8-24)34-20-21-4-2-1-3-5-21/h1-11,18,27H,12-17,19-20H2/t27-/m0/s1. The highest BCUT2D eigenvalue weighted by Crippen LogP contribution is 2.32. The van der Waals surface area contributed by atoms with Gasteiger partial charge in [-0.25, -0.2) is 0 Å². The summed E-state index contributed by atoms with van der Waals surface area (Å²) in [6.07, 6.45) is 1.15. The third kappa shape index (κ3) is 5.45. The predicted molar refractivity (Wildman–Crippen MR) is 137 cm³/mol. The molecule has 1 atom stereocenters. The fourth-order valence-electron chi connectivity index (χ4n) is 4.67. The van der Waals surface area contributed by atoms with Crippen LogP contribution in [0.15, 0.2) is 77.3 Å². The highest BCUT2D eigenvalue weighted by Gasteiger charge is 2.28. The van der Waals surface area contributed by atoms with Crippen molar-refractivity contribution in [3.63, 3.8) is 0 Å². The van der Waals surface area contributed by atoms with Crippen LogP contribution in [-0.4, -0.2) is 43.6 Å². The van der Waals surface area contributed by atoms with Crippen molar-refractivity contribution in [2.24, 2.45) is 0 Å². The molecule has 5 rings (SSSR count). The number of amides is 1. The number of ether oxygens (including phenoxy) is 2. The molecule has 1 saturated heterocycles. The van der Waals surface area contributed by atoms with E-state index in [9.17, 15) is 4.79 Å². The third-order valence-corrected chi connectivity index (χ3v) is 7.08. The number of carbonyl (C=O) groups excluding carboxylic acids is 1. The number of anilines is 1. The highest BCUT2D eigenvalue weighted by atomic mass is 79.9. The van der Waals surface area contributed by atoms with Gasteiger partial charge in [0.25, 0.3) is 0 Å². The SMILES string of the molecule is O=C(C[C@@H]1OCCc2cc(Br)ccc21)N1CCN(c2ccc(OCc3ccccc3)cc2)CC1. The van der Waals surface area contributed by atoms with Crippen LogP contribution < -0.4 is 9.64 Å². The average molecular weight is 521 g/mol. The Morgan fingerprint density at radius 3 is 2.50 bits per heavy atom. The molecule has 2 aliphatic rings. The second kappa shape index (κ2) is 10.6. The molecule has 0 bridgehead atoms. The van der Waals surface area contributed by atoms with Crippen molar-refractivity contribution in [2.75, 3.05) is 37.7 Å². The van der Waals surface area contributed by atoms with E-state index >= 15 is 0 Å². The highest BCUT2D eigenvalue weighted by molar-refractivity contribution is 9.10. The number of piperazine rings is 1. The summed E-state index contributed by atoms with van der Waals surface area (Å²) in [5, 5.41) is 0. The van der Waals surface area contributed by atoms with Gasteiger partial charge in [0.1, 0.15) is 12.4 Å². The first-order chi connectivity index (χ1) is 16.7. The van der Waals surface area contributed by atoms with Crippen LogP contribution in [0, 0.1) is 0 Å². The van der Waals surface area contributed by atoms with Crippen LogP contribution in [0.3, 0.4) is 0 Å². The number of nitrogens with zero attached hydrogens (tertiary/aromatic N) is 2. The fraction of sp³-hybridized carbons (Fsp3) is 0.321. The Kier molecular flexibility index (Phi) is 7.16. The quantitative estimate of drug-likeness (QED) is 0.437.